The van der Waals surface area contributed by atoms with Crippen LogP contribution in [0, 0.1) is 0 Å². The zero-order valence-electron chi connectivity index (χ0n) is 6.00. The summed E-state index contributed by atoms with van der Waals surface area (Å²) in [4.78, 5) is 10.9. The first-order chi connectivity index (χ1) is 5.11. The second-order valence-electron chi connectivity index (χ2n) is 2.24. The van der Waals surface area contributed by atoms with Crippen LogP contribution >= 0.6 is 0 Å². The molecule has 0 spiro atoms. The lowest BCUT2D eigenvalue weighted by atomic mass is 10.6. The van der Waals surface area contributed by atoms with Gasteiger partial charge in [-0.2, -0.15) is 0 Å². The fourth-order valence-corrected chi connectivity index (χ4v) is 0.798. The van der Waals surface area contributed by atoms with Crippen molar-refractivity contribution in [2.24, 2.45) is 7.05 Å². The van der Waals surface area contributed by atoms with Crippen LogP contribution in [0.5, 0.6) is 0 Å². The number of aromatic nitrogens is 2. The molecule has 0 bridgehead atoms. The highest BCUT2D eigenvalue weighted by atomic mass is 19.3. The number of alkyl halides is 2. The number of imidazole rings is 1. The third-order valence-corrected chi connectivity index (χ3v) is 1.35. The molecule has 1 aromatic rings. The number of hydrogen-bond acceptors (Lipinski definition) is 1. The molecular formula is C6H8F2N2O. The number of nitrogens with zero attached hydrogens (tertiary/aromatic N) is 2. The van der Waals surface area contributed by atoms with Gasteiger partial charge in [0, 0.05) is 19.4 Å². The highest BCUT2D eigenvalue weighted by molar-refractivity contribution is 4.79. The first-order valence-corrected chi connectivity index (χ1v) is 3.11. The van der Waals surface area contributed by atoms with Crippen LogP contribution in [0.4, 0.5) is 8.78 Å². The Morgan fingerprint density at radius 2 is 2.18 bits per heavy atom. The molecule has 62 valence electrons. The first-order valence-electron chi connectivity index (χ1n) is 3.11. The molecule has 0 aliphatic rings. The highest BCUT2D eigenvalue weighted by Crippen LogP contribution is 1.94. The molecule has 1 heterocycles. The van der Waals surface area contributed by atoms with Crippen molar-refractivity contribution in [1.29, 1.82) is 0 Å². The van der Waals surface area contributed by atoms with Gasteiger partial charge in [-0.25, -0.2) is 13.6 Å². The van der Waals surface area contributed by atoms with Crippen molar-refractivity contribution >= 4 is 0 Å². The summed E-state index contributed by atoms with van der Waals surface area (Å²) in [5.74, 6) is 0. The van der Waals surface area contributed by atoms with Crippen LogP contribution < -0.4 is 5.69 Å². The Morgan fingerprint density at radius 3 is 2.55 bits per heavy atom. The van der Waals surface area contributed by atoms with Crippen LogP contribution in [0.15, 0.2) is 17.2 Å². The second kappa shape index (κ2) is 2.86. The quantitative estimate of drug-likeness (QED) is 0.620. The zero-order chi connectivity index (χ0) is 8.43. The summed E-state index contributed by atoms with van der Waals surface area (Å²) in [7, 11) is 1.52. The van der Waals surface area contributed by atoms with Gasteiger partial charge >= 0.3 is 5.69 Å². The molecule has 0 amide bonds. The molecule has 5 heteroatoms. The summed E-state index contributed by atoms with van der Waals surface area (Å²) in [6, 6.07) is 0. The van der Waals surface area contributed by atoms with Crippen molar-refractivity contribution in [3.05, 3.63) is 22.9 Å². The van der Waals surface area contributed by atoms with Crippen LogP contribution in [0.1, 0.15) is 0 Å². The van der Waals surface area contributed by atoms with E-state index in [4.69, 9.17) is 0 Å². The molecule has 0 saturated carbocycles. The lowest BCUT2D eigenvalue weighted by Gasteiger charge is -1.97. The normalized spacial score (nSPS) is 10.9. The standard InChI is InChI=1S/C6H8F2N2O/c1-9-2-3-10(6(9)11)4-5(7)8/h2-3,5H,4H2,1H3. The molecule has 1 aromatic heterocycles. The average molecular weight is 162 g/mol. The van der Waals surface area contributed by atoms with E-state index in [9.17, 15) is 13.6 Å². The minimum absolute atomic E-state index is 0.412. The Balaban J connectivity index is 2.88. The number of aryl methyl sites for hydroxylation is 1. The lowest BCUT2D eigenvalue weighted by Crippen LogP contribution is -2.24. The largest absolute Gasteiger partial charge is 0.328 e. The van der Waals surface area contributed by atoms with Gasteiger partial charge < -0.3 is 4.57 Å². The number of halogens is 2. The monoisotopic (exact) mass is 162 g/mol. The van der Waals surface area contributed by atoms with E-state index in [1.54, 1.807) is 0 Å². The van der Waals surface area contributed by atoms with Crippen molar-refractivity contribution in [3.8, 4) is 0 Å². The summed E-state index contributed by atoms with van der Waals surface area (Å²) in [5, 5.41) is 0. The first kappa shape index (κ1) is 7.97. The molecule has 0 aliphatic heterocycles. The fourth-order valence-electron chi connectivity index (χ4n) is 0.798. The van der Waals surface area contributed by atoms with E-state index >= 15 is 0 Å². The predicted molar refractivity (Wildman–Crippen MR) is 35.7 cm³/mol. The van der Waals surface area contributed by atoms with E-state index in [-0.39, 0.29) is 0 Å². The van der Waals surface area contributed by atoms with Gasteiger partial charge in [0.2, 0.25) is 0 Å². The Hall–Kier alpha value is -1.13. The molecule has 0 radical (unpaired) electrons. The maximum Gasteiger partial charge on any atom is 0.328 e. The van der Waals surface area contributed by atoms with Crippen molar-refractivity contribution in [1.82, 2.24) is 9.13 Å². The second-order valence-corrected chi connectivity index (χ2v) is 2.24. The molecule has 0 N–H and O–H groups in total. The van der Waals surface area contributed by atoms with Crippen molar-refractivity contribution in [2.45, 2.75) is 13.0 Å². The molecule has 0 saturated heterocycles. The van der Waals surface area contributed by atoms with E-state index in [1.165, 1.54) is 24.0 Å². The third kappa shape index (κ3) is 1.66. The fraction of sp³-hybridized carbons (Fsp3) is 0.500. The van der Waals surface area contributed by atoms with Gasteiger partial charge in [-0.05, 0) is 0 Å². The van der Waals surface area contributed by atoms with Crippen LogP contribution in [-0.4, -0.2) is 15.6 Å². The Bertz CT molecular complexity index is 289. The third-order valence-electron chi connectivity index (χ3n) is 1.35. The highest BCUT2D eigenvalue weighted by Gasteiger charge is 2.06. The van der Waals surface area contributed by atoms with Gasteiger partial charge in [-0.1, -0.05) is 0 Å². The van der Waals surface area contributed by atoms with Crippen molar-refractivity contribution in [3.63, 3.8) is 0 Å². The van der Waals surface area contributed by atoms with Gasteiger partial charge in [0.25, 0.3) is 6.43 Å². The summed E-state index contributed by atoms with van der Waals surface area (Å²) >= 11 is 0. The van der Waals surface area contributed by atoms with E-state index < -0.39 is 18.7 Å². The predicted octanol–water partition coefficient (Wildman–Crippen LogP) is 0.452. The molecule has 1 rings (SSSR count). The molecule has 3 nitrogen and oxygen atoms in total. The van der Waals surface area contributed by atoms with Gasteiger partial charge in [0.15, 0.2) is 0 Å². The summed E-state index contributed by atoms with van der Waals surface area (Å²) in [5.41, 5.74) is -0.412. The Kier molecular flexibility index (Phi) is 2.07. The molecule has 0 fully saturated rings. The minimum atomic E-state index is -2.48. The van der Waals surface area contributed by atoms with Gasteiger partial charge in [0.1, 0.15) is 0 Å². The molecular weight excluding hydrogens is 154 g/mol. The summed E-state index contributed by atoms with van der Waals surface area (Å²) in [6.07, 6.45) is 0.314. The number of hydrogen-bond donors (Lipinski definition) is 0. The van der Waals surface area contributed by atoms with E-state index in [1.807, 2.05) is 0 Å². The maximum atomic E-state index is 11.7. The van der Waals surface area contributed by atoms with Crippen molar-refractivity contribution in [2.75, 3.05) is 0 Å². The van der Waals surface area contributed by atoms with Crippen LogP contribution in [0.2, 0.25) is 0 Å². The van der Waals surface area contributed by atoms with E-state index in [2.05, 4.69) is 0 Å². The molecule has 0 unspecified atom stereocenters. The summed E-state index contributed by atoms with van der Waals surface area (Å²) < 4.78 is 25.7. The van der Waals surface area contributed by atoms with E-state index in [0.29, 0.717) is 0 Å². The van der Waals surface area contributed by atoms with Gasteiger partial charge in [-0.15, -0.1) is 0 Å². The topological polar surface area (TPSA) is 26.9 Å². The van der Waals surface area contributed by atoms with Crippen molar-refractivity contribution < 1.29 is 8.78 Å². The maximum absolute atomic E-state index is 11.7. The molecule has 0 aliphatic carbocycles. The van der Waals surface area contributed by atoms with Gasteiger partial charge in [-0.3, -0.25) is 4.57 Å². The van der Waals surface area contributed by atoms with Gasteiger partial charge in [0.05, 0.1) is 6.54 Å². The Morgan fingerprint density at radius 1 is 1.55 bits per heavy atom. The molecule has 0 atom stereocenters. The van der Waals surface area contributed by atoms with Crippen LogP contribution in [-0.2, 0) is 13.6 Å². The number of rotatable bonds is 2. The molecule has 11 heavy (non-hydrogen) atoms. The Labute approximate surface area is 61.9 Å². The van der Waals surface area contributed by atoms with Crippen LogP contribution in [0.3, 0.4) is 0 Å². The lowest BCUT2D eigenvalue weighted by molar-refractivity contribution is 0.125. The van der Waals surface area contributed by atoms with Crippen LogP contribution in [0.25, 0.3) is 0 Å². The smallest absolute Gasteiger partial charge is 0.302 e. The van der Waals surface area contributed by atoms with E-state index in [0.717, 1.165) is 4.57 Å². The zero-order valence-corrected chi connectivity index (χ0v) is 6.00. The summed E-state index contributed by atoms with van der Waals surface area (Å²) in [6.45, 7) is -0.528. The minimum Gasteiger partial charge on any atom is -0.302 e. The average Bonchev–Trinajstić information content (AvgIpc) is 2.18. The SMILES string of the molecule is Cn1ccn(CC(F)F)c1=O. The molecule has 0 aromatic carbocycles.